The van der Waals surface area contributed by atoms with Crippen molar-refractivity contribution in [2.75, 3.05) is 32.5 Å². The van der Waals surface area contributed by atoms with Crippen molar-refractivity contribution < 1.29 is 9.90 Å². The Morgan fingerprint density at radius 3 is 2.62 bits per heavy atom. The summed E-state index contributed by atoms with van der Waals surface area (Å²) >= 11 is 0. The molecule has 1 fully saturated rings. The summed E-state index contributed by atoms with van der Waals surface area (Å²) in [5.74, 6) is 0. The first-order valence-electron chi connectivity index (χ1n) is 7.47. The van der Waals surface area contributed by atoms with Crippen LogP contribution in [-0.4, -0.2) is 54.2 Å². The first kappa shape index (κ1) is 15.8. The minimum absolute atomic E-state index is 0.0602. The quantitative estimate of drug-likeness (QED) is 0.898. The van der Waals surface area contributed by atoms with Crippen LogP contribution in [0.5, 0.6) is 0 Å². The third-order valence-corrected chi connectivity index (χ3v) is 4.10. The van der Waals surface area contributed by atoms with E-state index < -0.39 is 6.10 Å². The number of likely N-dealkylation sites (tertiary alicyclic amines) is 1. The lowest BCUT2D eigenvalue weighted by atomic mass is 10.0. The summed E-state index contributed by atoms with van der Waals surface area (Å²) in [6, 6.07) is 7.85. The number of hydrogen-bond acceptors (Lipinski definition) is 3. The minimum atomic E-state index is -0.530. The van der Waals surface area contributed by atoms with Crippen molar-refractivity contribution in [3.05, 3.63) is 29.8 Å². The Morgan fingerprint density at radius 2 is 2.05 bits per heavy atom. The zero-order valence-electron chi connectivity index (χ0n) is 13.0. The number of carbonyl (C=O) groups is 1. The molecule has 2 amide bonds. The van der Waals surface area contributed by atoms with Crippen molar-refractivity contribution >= 4 is 11.7 Å². The molecule has 0 spiro atoms. The van der Waals surface area contributed by atoms with Crippen molar-refractivity contribution in [2.45, 2.75) is 31.9 Å². The van der Waals surface area contributed by atoms with Gasteiger partial charge in [0.15, 0.2) is 0 Å². The highest BCUT2D eigenvalue weighted by Crippen LogP contribution is 2.19. The van der Waals surface area contributed by atoms with Gasteiger partial charge in [-0.2, -0.15) is 0 Å². The molecule has 5 heteroatoms. The molecule has 1 aromatic rings. The predicted molar refractivity (Wildman–Crippen MR) is 84.4 cm³/mol. The number of hydrogen-bond donors (Lipinski definition) is 2. The van der Waals surface area contributed by atoms with Gasteiger partial charge in [0.25, 0.3) is 0 Å². The first-order chi connectivity index (χ1) is 9.97. The molecule has 2 N–H and O–H groups in total. The van der Waals surface area contributed by atoms with E-state index in [2.05, 4.69) is 24.3 Å². The monoisotopic (exact) mass is 291 g/mol. The molecule has 21 heavy (non-hydrogen) atoms. The number of aliphatic hydroxyl groups is 1. The van der Waals surface area contributed by atoms with Gasteiger partial charge < -0.3 is 20.2 Å². The zero-order valence-corrected chi connectivity index (χ0v) is 13.0. The highest BCUT2D eigenvalue weighted by Gasteiger charge is 2.23. The molecular weight excluding hydrogens is 266 g/mol. The van der Waals surface area contributed by atoms with Crippen molar-refractivity contribution in [3.8, 4) is 0 Å². The molecule has 0 radical (unpaired) electrons. The number of nitrogens with zero attached hydrogens (tertiary/aromatic N) is 2. The summed E-state index contributed by atoms with van der Waals surface area (Å²) in [6.07, 6.45) is 1.49. The molecule has 0 saturated carbocycles. The van der Waals surface area contributed by atoms with E-state index in [0.29, 0.717) is 6.04 Å². The molecule has 116 valence electrons. The molecule has 5 nitrogen and oxygen atoms in total. The Labute approximate surface area is 126 Å². The average molecular weight is 291 g/mol. The van der Waals surface area contributed by atoms with E-state index in [-0.39, 0.29) is 6.03 Å². The van der Waals surface area contributed by atoms with Crippen LogP contribution in [0.1, 0.15) is 31.4 Å². The fraction of sp³-hybridized carbons (Fsp3) is 0.562. The Bertz CT molecular complexity index is 480. The average Bonchev–Trinajstić information content (AvgIpc) is 2.47. The topological polar surface area (TPSA) is 55.8 Å². The van der Waals surface area contributed by atoms with E-state index in [0.717, 1.165) is 37.2 Å². The first-order valence-corrected chi connectivity index (χ1v) is 7.47. The van der Waals surface area contributed by atoms with Gasteiger partial charge in [-0.05, 0) is 51.6 Å². The Morgan fingerprint density at radius 1 is 1.38 bits per heavy atom. The van der Waals surface area contributed by atoms with Crippen molar-refractivity contribution in [3.63, 3.8) is 0 Å². The number of amides is 2. The lowest BCUT2D eigenvalue weighted by Crippen LogP contribution is -2.46. The van der Waals surface area contributed by atoms with Gasteiger partial charge in [-0.3, -0.25) is 0 Å². The molecule has 1 unspecified atom stereocenters. The second-order valence-corrected chi connectivity index (χ2v) is 5.91. The van der Waals surface area contributed by atoms with Crippen LogP contribution in [-0.2, 0) is 0 Å². The van der Waals surface area contributed by atoms with Crippen LogP contribution in [0.4, 0.5) is 10.5 Å². The van der Waals surface area contributed by atoms with Crippen LogP contribution in [0.2, 0.25) is 0 Å². The minimum Gasteiger partial charge on any atom is -0.389 e. The van der Waals surface area contributed by atoms with Crippen molar-refractivity contribution in [1.82, 2.24) is 9.80 Å². The van der Waals surface area contributed by atoms with Crippen LogP contribution < -0.4 is 5.32 Å². The third kappa shape index (κ3) is 4.19. The molecular formula is C16H25N3O2. The van der Waals surface area contributed by atoms with Gasteiger partial charge in [-0.15, -0.1) is 0 Å². The summed E-state index contributed by atoms with van der Waals surface area (Å²) in [7, 11) is 4.17. The standard InChI is InChI=1S/C16H25N3O2/c1-12(20)13-5-4-6-14(11-13)17-16(21)19-9-7-15(8-10-19)18(2)3/h4-6,11-12,15,20H,7-10H2,1-3H3,(H,17,21). The predicted octanol–water partition coefficient (Wildman–Crippen LogP) is 2.30. The van der Waals surface area contributed by atoms with Crippen LogP contribution in [0.3, 0.4) is 0 Å². The molecule has 1 atom stereocenters. The van der Waals surface area contributed by atoms with Gasteiger partial charge >= 0.3 is 6.03 Å². The van der Waals surface area contributed by atoms with E-state index >= 15 is 0 Å². The number of piperidine rings is 1. The highest BCUT2D eigenvalue weighted by molar-refractivity contribution is 5.89. The van der Waals surface area contributed by atoms with Crippen LogP contribution in [0, 0.1) is 0 Å². The normalized spacial score (nSPS) is 17.9. The van der Waals surface area contributed by atoms with Gasteiger partial charge in [0.2, 0.25) is 0 Å². The van der Waals surface area contributed by atoms with E-state index in [4.69, 9.17) is 0 Å². The SMILES string of the molecule is CC(O)c1cccc(NC(=O)N2CCC(N(C)C)CC2)c1. The maximum atomic E-state index is 12.3. The number of anilines is 1. The second kappa shape index (κ2) is 6.91. The van der Waals surface area contributed by atoms with E-state index in [1.165, 1.54) is 0 Å². The van der Waals surface area contributed by atoms with E-state index in [1.54, 1.807) is 6.92 Å². The summed E-state index contributed by atoms with van der Waals surface area (Å²) in [5, 5.41) is 12.5. The largest absolute Gasteiger partial charge is 0.389 e. The number of aliphatic hydroxyl groups excluding tert-OH is 1. The number of benzene rings is 1. The number of urea groups is 1. The third-order valence-electron chi connectivity index (χ3n) is 4.10. The van der Waals surface area contributed by atoms with E-state index in [9.17, 15) is 9.90 Å². The van der Waals surface area contributed by atoms with Crippen LogP contribution in [0.15, 0.2) is 24.3 Å². The molecule has 1 heterocycles. The Balaban J connectivity index is 1.92. The maximum Gasteiger partial charge on any atom is 0.321 e. The van der Waals surface area contributed by atoms with Gasteiger partial charge in [0.1, 0.15) is 0 Å². The van der Waals surface area contributed by atoms with Gasteiger partial charge in [0, 0.05) is 24.8 Å². The zero-order chi connectivity index (χ0) is 15.4. The van der Waals surface area contributed by atoms with Crippen LogP contribution >= 0.6 is 0 Å². The summed E-state index contributed by atoms with van der Waals surface area (Å²) in [6.45, 7) is 3.28. The fourth-order valence-electron chi connectivity index (χ4n) is 2.66. The molecule has 1 aliphatic rings. The molecule has 1 aromatic carbocycles. The van der Waals surface area contributed by atoms with Crippen molar-refractivity contribution in [2.24, 2.45) is 0 Å². The number of carbonyl (C=O) groups excluding carboxylic acids is 1. The maximum absolute atomic E-state index is 12.3. The Kier molecular flexibility index (Phi) is 5.20. The van der Waals surface area contributed by atoms with E-state index in [1.807, 2.05) is 29.2 Å². The molecule has 1 saturated heterocycles. The lowest BCUT2D eigenvalue weighted by molar-refractivity contribution is 0.156. The van der Waals surface area contributed by atoms with Crippen LogP contribution in [0.25, 0.3) is 0 Å². The highest BCUT2D eigenvalue weighted by atomic mass is 16.3. The lowest BCUT2D eigenvalue weighted by Gasteiger charge is -2.35. The molecule has 0 bridgehead atoms. The summed E-state index contributed by atoms with van der Waals surface area (Å²) < 4.78 is 0. The molecule has 0 aliphatic carbocycles. The van der Waals surface area contributed by atoms with Gasteiger partial charge in [-0.1, -0.05) is 12.1 Å². The molecule has 2 rings (SSSR count). The number of rotatable bonds is 3. The Hall–Kier alpha value is -1.59. The molecule has 1 aliphatic heterocycles. The van der Waals surface area contributed by atoms with Gasteiger partial charge in [-0.25, -0.2) is 4.79 Å². The molecule has 0 aromatic heterocycles. The van der Waals surface area contributed by atoms with Gasteiger partial charge in [0.05, 0.1) is 6.10 Å². The second-order valence-electron chi connectivity index (χ2n) is 5.91. The summed E-state index contributed by atoms with van der Waals surface area (Å²) in [5.41, 5.74) is 1.53. The summed E-state index contributed by atoms with van der Waals surface area (Å²) in [4.78, 5) is 16.3. The number of nitrogens with one attached hydrogen (secondary N) is 1. The fourth-order valence-corrected chi connectivity index (χ4v) is 2.66. The van der Waals surface area contributed by atoms with Crippen molar-refractivity contribution in [1.29, 1.82) is 0 Å². The smallest absolute Gasteiger partial charge is 0.321 e.